The molecule has 1 aromatic rings. The van der Waals surface area contributed by atoms with Gasteiger partial charge >= 0.3 is 5.97 Å². The lowest BCUT2D eigenvalue weighted by atomic mass is 9.69. The van der Waals surface area contributed by atoms with Gasteiger partial charge in [0.05, 0.1) is 18.8 Å². The van der Waals surface area contributed by atoms with E-state index < -0.39 is 12.1 Å². The Balaban J connectivity index is 1.74. The molecule has 32 heavy (non-hydrogen) atoms. The molecule has 1 aliphatic heterocycles. The smallest absolute Gasteiger partial charge is 0.303 e. The van der Waals surface area contributed by atoms with Gasteiger partial charge in [0, 0.05) is 17.8 Å². The Bertz CT molecular complexity index is 787. The van der Waals surface area contributed by atoms with Crippen molar-refractivity contribution in [2.75, 3.05) is 6.61 Å². The first-order valence-electron chi connectivity index (χ1n) is 12.1. The molecule has 0 radical (unpaired) electrons. The second-order valence-corrected chi connectivity index (χ2v) is 9.34. The Labute approximate surface area is 191 Å². The molecule has 2 N–H and O–H groups in total. The number of carboxylic acid groups (broad SMARTS) is 1. The largest absolute Gasteiger partial charge is 0.481 e. The second kappa shape index (κ2) is 11.8. The summed E-state index contributed by atoms with van der Waals surface area (Å²) in [6.07, 6.45) is 15.4. The molecule has 1 saturated heterocycles. The Kier molecular flexibility index (Phi) is 9.06. The number of allylic oxidation sites excluding steroid dienone is 2. The van der Waals surface area contributed by atoms with E-state index in [4.69, 9.17) is 9.84 Å². The van der Waals surface area contributed by atoms with E-state index in [9.17, 15) is 14.3 Å². The molecule has 0 amide bonds. The third-order valence-electron chi connectivity index (χ3n) is 7.12. The second-order valence-electron chi connectivity index (χ2n) is 9.34. The summed E-state index contributed by atoms with van der Waals surface area (Å²) in [7, 11) is 0. The number of aliphatic hydroxyl groups is 1. The Hall–Kier alpha value is -1.98. The number of aliphatic hydroxyl groups excluding tert-OH is 1. The number of unbranched alkanes of at least 4 members (excludes halogenated alkanes) is 3. The quantitative estimate of drug-likeness (QED) is 0.298. The summed E-state index contributed by atoms with van der Waals surface area (Å²) < 4.78 is 19.7. The lowest BCUT2D eigenvalue weighted by molar-refractivity contribution is -0.137. The summed E-state index contributed by atoms with van der Waals surface area (Å²) in [5.41, 5.74) is 0.955. The highest BCUT2D eigenvalue weighted by Crippen LogP contribution is 2.57. The van der Waals surface area contributed by atoms with Crippen molar-refractivity contribution in [3.05, 3.63) is 60.0 Å². The average Bonchev–Trinajstić information content (AvgIpc) is 3.33. The number of fused-ring (bicyclic) bond motifs is 2. The number of carbonyl (C=O) groups is 1. The van der Waals surface area contributed by atoms with Gasteiger partial charge in [0.1, 0.15) is 5.82 Å². The molecule has 4 nitrogen and oxygen atoms in total. The van der Waals surface area contributed by atoms with Crippen molar-refractivity contribution in [2.45, 2.75) is 82.3 Å². The molecular formula is C27H37FO4. The zero-order valence-electron chi connectivity index (χ0n) is 19.1. The van der Waals surface area contributed by atoms with Crippen molar-refractivity contribution in [3.63, 3.8) is 0 Å². The minimum Gasteiger partial charge on any atom is -0.481 e. The highest BCUT2D eigenvalue weighted by Gasteiger charge is 2.58. The average molecular weight is 445 g/mol. The molecule has 0 unspecified atom stereocenters. The minimum absolute atomic E-state index is 0.101. The monoisotopic (exact) mass is 444 g/mol. The summed E-state index contributed by atoms with van der Waals surface area (Å²) in [6.45, 7) is 2.79. The van der Waals surface area contributed by atoms with Gasteiger partial charge in [0.25, 0.3) is 0 Å². The Morgan fingerprint density at radius 2 is 2.03 bits per heavy atom. The van der Waals surface area contributed by atoms with Crippen LogP contribution in [0.2, 0.25) is 0 Å². The summed E-state index contributed by atoms with van der Waals surface area (Å²) in [5.74, 6) is -0.512. The van der Waals surface area contributed by atoms with Gasteiger partial charge in [-0.15, -0.1) is 0 Å². The minimum atomic E-state index is -0.762. The van der Waals surface area contributed by atoms with E-state index in [0.29, 0.717) is 18.9 Å². The van der Waals surface area contributed by atoms with Crippen LogP contribution in [0, 0.1) is 17.7 Å². The number of aliphatic carboxylic acids is 1. The van der Waals surface area contributed by atoms with E-state index in [-0.39, 0.29) is 29.7 Å². The van der Waals surface area contributed by atoms with Crippen LogP contribution in [-0.2, 0) is 14.9 Å². The molecule has 1 aliphatic carbocycles. The van der Waals surface area contributed by atoms with Crippen LogP contribution in [0.4, 0.5) is 4.39 Å². The van der Waals surface area contributed by atoms with Crippen molar-refractivity contribution in [1.29, 1.82) is 0 Å². The number of ether oxygens (including phenoxy) is 1. The highest BCUT2D eigenvalue weighted by atomic mass is 19.1. The zero-order chi connectivity index (χ0) is 23.0. The first kappa shape index (κ1) is 24.7. The lowest BCUT2D eigenvalue weighted by Gasteiger charge is -2.38. The molecule has 1 aromatic carbocycles. The number of benzene rings is 1. The Morgan fingerprint density at radius 1 is 1.25 bits per heavy atom. The van der Waals surface area contributed by atoms with Gasteiger partial charge in [-0.3, -0.25) is 4.79 Å². The number of hydrogen-bond donors (Lipinski definition) is 2. The van der Waals surface area contributed by atoms with Crippen LogP contribution in [0.15, 0.2) is 48.6 Å². The van der Waals surface area contributed by atoms with Crippen LogP contribution in [0.1, 0.15) is 70.3 Å². The molecular weight excluding hydrogens is 407 g/mol. The first-order chi connectivity index (χ1) is 15.5. The fraction of sp³-hybridized carbons (Fsp3) is 0.593. The zero-order valence-corrected chi connectivity index (χ0v) is 19.1. The Morgan fingerprint density at radius 3 is 2.75 bits per heavy atom. The lowest BCUT2D eigenvalue weighted by Crippen LogP contribution is -2.39. The maximum absolute atomic E-state index is 13.6. The molecule has 5 atom stereocenters. The number of carboxylic acids is 1. The normalized spacial score (nSPS) is 28.2. The summed E-state index contributed by atoms with van der Waals surface area (Å²) in [4.78, 5) is 10.7. The summed E-state index contributed by atoms with van der Waals surface area (Å²) in [5, 5.41) is 19.2. The molecule has 5 heteroatoms. The molecule has 0 spiro atoms. The van der Waals surface area contributed by atoms with E-state index in [2.05, 4.69) is 25.2 Å². The highest BCUT2D eigenvalue weighted by molar-refractivity contribution is 5.66. The van der Waals surface area contributed by atoms with Crippen molar-refractivity contribution < 1.29 is 24.1 Å². The van der Waals surface area contributed by atoms with Crippen LogP contribution in [0.3, 0.4) is 0 Å². The standard InChI is InChI=1S/C27H37FO4/c1-2-3-6-9-22(29)16-17-23-24(10-7-4-5-8-11-26(30)31)27(18-25(23)32-19-27)20-12-14-21(28)15-13-20/h4,7,12-17,22-25,29H,2-3,5-6,8-11,18-19H2,1H3,(H,30,31)/t22-,23-,24-,25-,27-/m0/s1. The third-order valence-corrected chi connectivity index (χ3v) is 7.12. The van der Waals surface area contributed by atoms with Crippen LogP contribution >= 0.6 is 0 Å². The van der Waals surface area contributed by atoms with E-state index in [0.717, 1.165) is 50.5 Å². The van der Waals surface area contributed by atoms with Crippen LogP contribution in [-0.4, -0.2) is 35.0 Å². The van der Waals surface area contributed by atoms with Crippen molar-refractivity contribution in [3.8, 4) is 0 Å². The number of halogens is 1. The van der Waals surface area contributed by atoms with Gasteiger partial charge < -0.3 is 14.9 Å². The van der Waals surface area contributed by atoms with Crippen molar-refractivity contribution in [2.24, 2.45) is 11.8 Å². The maximum Gasteiger partial charge on any atom is 0.303 e. The van der Waals surface area contributed by atoms with Crippen molar-refractivity contribution in [1.82, 2.24) is 0 Å². The van der Waals surface area contributed by atoms with E-state index in [1.165, 1.54) is 12.1 Å². The van der Waals surface area contributed by atoms with E-state index >= 15 is 0 Å². The fourth-order valence-corrected chi connectivity index (χ4v) is 5.39. The molecule has 3 rings (SSSR count). The van der Waals surface area contributed by atoms with Crippen LogP contribution in [0.25, 0.3) is 0 Å². The number of hydrogen-bond acceptors (Lipinski definition) is 3. The molecule has 1 saturated carbocycles. The first-order valence-corrected chi connectivity index (χ1v) is 12.1. The summed E-state index contributed by atoms with van der Waals surface area (Å²) in [6, 6.07) is 6.82. The van der Waals surface area contributed by atoms with Crippen molar-refractivity contribution >= 4 is 5.97 Å². The van der Waals surface area contributed by atoms with E-state index in [1.807, 2.05) is 18.2 Å². The molecule has 2 fully saturated rings. The third kappa shape index (κ3) is 6.08. The fourth-order valence-electron chi connectivity index (χ4n) is 5.39. The topological polar surface area (TPSA) is 66.8 Å². The predicted octanol–water partition coefficient (Wildman–Crippen LogP) is 5.80. The SMILES string of the molecule is CCCCC[C@H](O)C=C[C@@H]1[C@@H]2C[C@@](c3ccc(F)cc3)(CO2)[C@H]1CC=CCCCC(=O)O. The van der Waals surface area contributed by atoms with Crippen LogP contribution < -0.4 is 0 Å². The predicted molar refractivity (Wildman–Crippen MR) is 124 cm³/mol. The van der Waals surface area contributed by atoms with Crippen LogP contribution in [0.5, 0.6) is 0 Å². The molecule has 1 heterocycles. The molecule has 2 bridgehead atoms. The molecule has 176 valence electrons. The molecule has 0 aromatic heterocycles. The van der Waals surface area contributed by atoms with Gasteiger partial charge in [-0.2, -0.15) is 0 Å². The van der Waals surface area contributed by atoms with Gasteiger partial charge in [-0.1, -0.05) is 62.6 Å². The van der Waals surface area contributed by atoms with Gasteiger partial charge in [0.2, 0.25) is 0 Å². The summed E-state index contributed by atoms with van der Waals surface area (Å²) >= 11 is 0. The van der Waals surface area contributed by atoms with Gasteiger partial charge in [-0.25, -0.2) is 4.39 Å². The maximum atomic E-state index is 13.6. The van der Waals surface area contributed by atoms with Gasteiger partial charge in [0.15, 0.2) is 0 Å². The number of rotatable bonds is 13. The van der Waals surface area contributed by atoms with Gasteiger partial charge in [-0.05, 0) is 55.7 Å². The molecule has 2 aliphatic rings. The van der Waals surface area contributed by atoms with E-state index in [1.54, 1.807) is 0 Å².